The van der Waals surface area contributed by atoms with Crippen molar-refractivity contribution in [3.63, 3.8) is 0 Å². The second kappa shape index (κ2) is 5.16. The van der Waals surface area contributed by atoms with Crippen LogP contribution in [0, 0.1) is 0 Å². The van der Waals surface area contributed by atoms with Gasteiger partial charge in [-0.1, -0.05) is 12.1 Å². The minimum absolute atomic E-state index is 0.0526. The molecule has 0 saturated carbocycles. The summed E-state index contributed by atoms with van der Waals surface area (Å²) in [4.78, 5) is 0.241. The van der Waals surface area contributed by atoms with E-state index >= 15 is 0 Å². The van der Waals surface area contributed by atoms with Gasteiger partial charge in [-0.15, -0.1) is 0 Å². The number of sulfone groups is 1. The Hall–Kier alpha value is -0.920. The zero-order valence-electron chi connectivity index (χ0n) is 9.58. The molecule has 17 heavy (non-hydrogen) atoms. The first-order chi connectivity index (χ1) is 7.68. The molecule has 0 radical (unpaired) electrons. The zero-order chi connectivity index (χ0) is 13.1. The molecule has 0 amide bonds. The van der Waals surface area contributed by atoms with Gasteiger partial charge in [0.25, 0.3) is 10.1 Å². The summed E-state index contributed by atoms with van der Waals surface area (Å²) in [6.07, 6.45) is 2.53. The molecule has 0 aliphatic carbocycles. The van der Waals surface area contributed by atoms with Crippen molar-refractivity contribution in [3.05, 3.63) is 29.8 Å². The molecule has 0 aliphatic heterocycles. The summed E-state index contributed by atoms with van der Waals surface area (Å²) in [6, 6.07) is 6.26. The fourth-order valence-corrected chi connectivity index (χ4v) is 2.23. The number of hydrogen-bond donors (Lipinski definition) is 0. The molecule has 0 aliphatic rings. The highest BCUT2D eigenvalue weighted by Crippen LogP contribution is 2.10. The lowest BCUT2D eigenvalue weighted by Gasteiger charge is -2.03. The van der Waals surface area contributed by atoms with E-state index in [-0.39, 0.29) is 11.5 Å². The van der Waals surface area contributed by atoms with Crippen LogP contribution in [0.2, 0.25) is 0 Å². The molecule has 0 atom stereocenters. The smallest absolute Gasteiger partial charge is 0.264 e. The first kappa shape index (κ1) is 14.1. The van der Waals surface area contributed by atoms with Gasteiger partial charge < -0.3 is 0 Å². The van der Waals surface area contributed by atoms with Crippen LogP contribution in [0.3, 0.4) is 0 Å². The van der Waals surface area contributed by atoms with Crippen molar-refractivity contribution >= 4 is 20.0 Å². The Kier molecular flexibility index (Phi) is 4.29. The van der Waals surface area contributed by atoms with Crippen molar-refractivity contribution in [2.24, 2.45) is 0 Å². The van der Waals surface area contributed by atoms with Crippen LogP contribution in [0.1, 0.15) is 5.56 Å². The van der Waals surface area contributed by atoms with Crippen LogP contribution in [0.5, 0.6) is 0 Å². The molecule has 5 nitrogen and oxygen atoms in total. The summed E-state index contributed by atoms with van der Waals surface area (Å²) in [5.41, 5.74) is 0.820. The topological polar surface area (TPSA) is 77.5 Å². The lowest BCUT2D eigenvalue weighted by atomic mass is 10.2. The van der Waals surface area contributed by atoms with Crippen molar-refractivity contribution in [1.82, 2.24) is 0 Å². The average molecular weight is 278 g/mol. The first-order valence-electron chi connectivity index (χ1n) is 4.82. The Balaban J connectivity index is 2.64. The van der Waals surface area contributed by atoms with Crippen molar-refractivity contribution < 1.29 is 21.0 Å². The molecule has 96 valence electrons. The van der Waals surface area contributed by atoms with Gasteiger partial charge in [-0.2, -0.15) is 8.42 Å². The van der Waals surface area contributed by atoms with Gasteiger partial charge in [0, 0.05) is 6.26 Å². The Labute approximate surface area is 101 Å². The third kappa shape index (κ3) is 5.29. The van der Waals surface area contributed by atoms with Gasteiger partial charge in [0.15, 0.2) is 9.84 Å². The molecule has 0 saturated heterocycles. The van der Waals surface area contributed by atoms with E-state index in [4.69, 9.17) is 0 Å². The van der Waals surface area contributed by atoms with Gasteiger partial charge in [-0.25, -0.2) is 8.42 Å². The van der Waals surface area contributed by atoms with Crippen LogP contribution >= 0.6 is 0 Å². The van der Waals surface area contributed by atoms with Gasteiger partial charge in [0.1, 0.15) is 0 Å². The maximum Gasteiger partial charge on any atom is 0.264 e. The standard InChI is InChI=1S/C10H14O5S2/c1-16(11,12)10-5-3-9(4-6-10)7-8-15-17(2,13)14/h3-6H,7-8H2,1-2H3. The van der Waals surface area contributed by atoms with Crippen LogP contribution in [0.25, 0.3) is 0 Å². The van der Waals surface area contributed by atoms with E-state index in [1.807, 2.05) is 0 Å². The third-order valence-electron chi connectivity index (χ3n) is 2.04. The minimum Gasteiger partial charge on any atom is -0.270 e. The van der Waals surface area contributed by atoms with E-state index in [0.29, 0.717) is 6.42 Å². The van der Waals surface area contributed by atoms with E-state index in [1.54, 1.807) is 12.1 Å². The van der Waals surface area contributed by atoms with E-state index in [2.05, 4.69) is 4.18 Å². The second-order valence-corrected chi connectivity index (χ2v) is 7.35. The van der Waals surface area contributed by atoms with Gasteiger partial charge in [0.05, 0.1) is 17.8 Å². The largest absolute Gasteiger partial charge is 0.270 e. The molecule has 1 aromatic carbocycles. The van der Waals surface area contributed by atoms with Crippen LogP contribution in [0.4, 0.5) is 0 Å². The molecule has 0 N–H and O–H groups in total. The summed E-state index contributed by atoms with van der Waals surface area (Å²) in [6.45, 7) is 0.0526. The normalized spacial score (nSPS) is 12.6. The first-order valence-corrected chi connectivity index (χ1v) is 8.53. The van der Waals surface area contributed by atoms with Gasteiger partial charge >= 0.3 is 0 Å². The monoisotopic (exact) mass is 278 g/mol. The van der Waals surface area contributed by atoms with Gasteiger partial charge in [-0.05, 0) is 24.1 Å². The SMILES string of the molecule is CS(=O)(=O)OCCc1ccc(S(C)(=O)=O)cc1. The van der Waals surface area contributed by atoms with Crippen LogP contribution in [-0.4, -0.2) is 36.0 Å². The summed E-state index contributed by atoms with van der Waals surface area (Å²) in [7, 11) is -6.61. The summed E-state index contributed by atoms with van der Waals surface area (Å²) in [5, 5.41) is 0. The number of benzene rings is 1. The van der Waals surface area contributed by atoms with Crippen LogP contribution < -0.4 is 0 Å². The number of rotatable bonds is 5. The van der Waals surface area contributed by atoms with E-state index in [9.17, 15) is 16.8 Å². The van der Waals surface area contributed by atoms with E-state index < -0.39 is 20.0 Å². The van der Waals surface area contributed by atoms with Crippen molar-refractivity contribution in [1.29, 1.82) is 0 Å². The molecule has 0 aromatic heterocycles. The lowest BCUT2D eigenvalue weighted by molar-refractivity contribution is 0.326. The molecule has 0 heterocycles. The van der Waals surface area contributed by atoms with Gasteiger partial charge in [0.2, 0.25) is 0 Å². The molecule has 1 rings (SSSR count). The second-order valence-electron chi connectivity index (χ2n) is 3.69. The Morgan fingerprint density at radius 3 is 1.94 bits per heavy atom. The molecule has 0 bridgehead atoms. The van der Waals surface area contributed by atoms with Crippen LogP contribution in [-0.2, 0) is 30.6 Å². The third-order valence-corrected chi connectivity index (χ3v) is 3.76. The van der Waals surface area contributed by atoms with Crippen molar-refractivity contribution in [2.45, 2.75) is 11.3 Å². The minimum atomic E-state index is -3.42. The predicted molar refractivity (Wildman–Crippen MR) is 64.1 cm³/mol. The summed E-state index contributed by atoms with van der Waals surface area (Å²) in [5.74, 6) is 0. The highest BCUT2D eigenvalue weighted by atomic mass is 32.2. The molecule has 1 aromatic rings. The van der Waals surface area contributed by atoms with Gasteiger partial charge in [-0.3, -0.25) is 4.18 Å². The van der Waals surface area contributed by atoms with Crippen LogP contribution in [0.15, 0.2) is 29.2 Å². The summed E-state index contributed by atoms with van der Waals surface area (Å²) >= 11 is 0. The van der Waals surface area contributed by atoms with E-state index in [0.717, 1.165) is 18.1 Å². The molecular formula is C10H14O5S2. The lowest BCUT2D eigenvalue weighted by Crippen LogP contribution is -2.06. The zero-order valence-corrected chi connectivity index (χ0v) is 11.2. The van der Waals surface area contributed by atoms with Crippen molar-refractivity contribution in [2.75, 3.05) is 19.1 Å². The predicted octanol–water partition coefficient (Wildman–Crippen LogP) is 0.609. The highest BCUT2D eigenvalue weighted by molar-refractivity contribution is 7.90. The fourth-order valence-electron chi connectivity index (χ4n) is 1.21. The quantitative estimate of drug-likeness (QED) is 0.737. The van der Waals surface area contributed by atoms with E-state index in [1.165, 1.54) is 12.1 Å². The maximum atomic E-state index is 11.2. The Morgan fingerprint density at radius 1 is 1.00 bits per heavy atom. The number of hydrogen-bond acceptors (Lipinski definition) is 5. The molecule has 0 fully saturated rings. The Morgan fingerprint density at radius 2 is 1.53 bits per heavy atom. The molecule has 7 heteroatoms. The van der Waals surface area contributed by atoms with Crippen molar-refractivity contribution in [3.8, 4) is 0 Å². The Bertz CT molecular complexity index is 570. The highest BCUT2D eigenvalue weighted by Gasteiger charge is 2.06. The maximum absolute atomic E-state index is 11.2. The fraction of sp³-hybridized carbons (Fsp3) is 0.400. The molecule has 0 spiro atoms. The molecular weight excluding hydrogens is 264 g/mol. The molecule has 0 unspecified atom stereocenters. The summed E-state index contributed by atoms with van der Waals surface area (Å²) < 4.78 is 48.4. The average Bonchev–Trinajstić information content (AvgIpc) is 2.15.